The Morgan fingerprint density at radius 2 is 1.78 bits per heavy atom. The minimum absolute atomic E-state index is 0.0754. The molecular weight excluding hydrogens is 488 g/mol. The van der Waals surface area contributed by atoms with E-state index in [0.717, 1.165) is 22.5 Å². The standard InChI is InChI=1S/C29H33ClN4O3/c1-19-26(27(35)33-16-15-24(18-33)31-28(36)37-29(3,4)5)20(2)34(32-19)25-8-6-7-22(17-25)10-9-21-11-13-23(30)14-12-21/h6-14,17,24H,15-16,18H2,1-5H3,(H,31,36)/b10-9+. The summed E-state index contributed by atoms with van der Waals surface area (Å²) in [6.45, 7) is 10.2. The maximum atomic E-state index is 13.5. The molecule has 2 aromatic carbocycles. The van der Waals surface area contributed by atoms with E-state index in [0.29, 0.717) is 35.8 Å². The largest absolute Gasteiger partial charge is 0.444 e. The molecule has 2 heterocycles. The molecule has 1 unspecified atom stereocenters. The van der Waals surface area contributed by atoms with Gasteiger partial charge in [-0.1, -0.05) is 48.0 Å². The van der Waals surface area contributed by atoms with Gasteiger partial charge in [-0.2, -0.15) is 5.10 Å². The summed E-state index contributed by atoms with van der Waals surface area (Å²) in [5, 5.41) is 8.27. The third-order valence-electron chi connectivity index (χ3n) is 6.15. The average Bonchev–Trinajstić information content (AvgIpc) is 3.41. The quantitative estimate of drug-likeness (QED) is 0.415. The van der Waals surface area contributed by atoms with Crippen molar-refractivity contribution in [3.63, 3.8) is 0 Å². The van der Waals surface area contributed by atoms with Crippen LogP contribution in [0.25, 0.3) is 17.8 Å². The minimum atomic E-state index is -0.566. The highest BCUT2D eigenvalue weighted by atomic mass is 35.5. The Hall–Kier alpha value is -3.58. The highest BCUT2D eigenvalue weighted by Crippen LogP contribution is 2.23. The lowest BCUT2D eigenvalue weighted by Gasteiger charge is -2.22. The number of carbonyl (C=O) groups is 2. The Labute approximate surface area is 223 Å². The topological polar surface area (TPSA) is 76.5 Å². The van der Waals surface area contributed by atoms with Gasteiger partial charge in [-0.05, 0) is 76.4 Å². The number of alkyl carbamates (subject to hydrolysis) is 1. The molecule has 0 radical (unpaired) electrons. The Kier molecular flexibility index (Phi) is 7.73. The van der Waals surface area contributed by atoms with Crippen LogP contribution in [0, 0.1) is 13.8 Å². The second-order valence-electron chi connectivity index (χ2n) is 10.3. The van der Waals surface area contributed by atoms with Crippen LogP contribution >= 0.6 is 11.6 Å². The number of aromatic nitrogens is 2. The molecule has 1 N–H and O–H groups in total. The van der Waals surface area contributed by atoms with Crippen LogP contribution in [-0.4, -0.2) is 51.4 Å². The zero-order valence-corrected chi connectivity index (χ0v) is 22.7. The Morgan fingerprint density at radius 1 is 1.08 bits per heavy atom. The van der Waals surface area contributed by atoms with Crippen molar-refractivity contribution in [2.75, 3.05) is 13.1 Å². The summed E-state index contributed by atoms with van der Waals surface area (Å²) in [5.74, 6) is -0.0754. The molecule has 37 heavy (non-hydrogen) atoms. The number of benzene rings is 2. The summed E-state index contributed by atoms with van der Waals surface area (Å²) < 4.78 is 7.16. The Balaban J connectivity index is 1.48. The average molecular weight is 521 g/mol. The monoisotopic (exact) mass is 520 g/mol. The fourth-order valence-electron chi connectivity index (χ4n) is 4.43. The molecule has 3 aromatic rings. The minimum Gasteiger partial charge on any atom is -0.444 e. The number of halogens is 1. The van der Waals surface area contributed by atoms with Crippen molar-refractivity contribution < 1.29 is 14.3 Å². The molecule has 0 aliphatic carbocycles. The van der Waals surface area contributed by atoms with E-state index in [1.165, 1.54) is 0 Å². The van der Waals surface area contributed by atoms with Crippen LogP contribution in [0.2, 0.25) is 5.02 Å². The van der Waals surface area contributed by atoms with Gasteiger partial charge in [-0.3, -0.25) is 4.79 Å². The molecule has 2 amide bonds. The Morgan fingerprint density at radius 3 is 2.49 bits per heavy atom. The molecule has 1 fully saturated rings. The maximum Gasteiger partial charge on any atom is 0.407 e. The second kappa shape index (κ2) is 10.8. The van der Waals surface area contributed by atoms with Crippen molar-refractivity contribution >= 4 is 35.8 Å². The first-order valence-corrected chi connectivity index (χ1v) is 12.8. The lowest BCUT2D eigenvalue weighted by molar-refractivity contribution is 0.0502. The van der Waals surface area contributed by atoms with E-state index in [2.05, 4.69) is 5.32 Å². The Bertz CT molecular complexity index is 1320. The van der Waals surface area contributed by atoms with E-state index in [1.807, 2.05) is 100.0 Å². The predicted molar refractivity (Wildman–Crippen MR) is 147 cm³/mol. The number of nitrogens with zero attached hydrogens (tertiary/aromatic N) is 3. The molecule has 1 aromatic heterocycles. The normalized spacial score (nSPS) is 15.8. The molecule has 1 atom stereocenters. The van der Waals surface area contributed by atoms with Crippen LogP contribution in [0.3, 0.4) is 0 Å². The number of amides is 2. The number of carbonyl (C=O) groups excluding carboxylic acids is 2. The molecule has 4 rings (SSSR count). The van der Waals surface area contributed by atoms with E-state index < -0.39 is 11.7 Å². The molecule has 0 saturated carbocycles. The molecule has 1 saturated heterocycles. The third-order valence-corrected chi connectivity index (χ3v) is 6.41. The van der Waals surface area contributed by atoms with Crippen LogP contribution < -0.4 is 5.32 Å². The van der Waals surface area contributed by atoms with Crippen molar-refractivity contribution in [1.29, 1.82) is 0 Å². The van der Waals surface area contributed by atoms with Gasteiger partial charge in [-0.25, -0.2) is 9.48 Å². The number of hydrogen-bond acceptors (Lipinski definition) is 4. The molecule has 194 valence electrons. The van der Waals surface area contributed by atoms with Crippen LogP contribution in [-0.2, 0) is 4.74 Å². The molecule has 7 nitrogen and oxygen atoms in total. The summed E-state index contributed by atoms with van der Waals surface area (Å²) in [6, 6.07) is 15.5. The van der Waals surface area contributed by atoms with Crippen molar-refractivity contribution in [2.24, 2.45) is 0 Å². The smallest absolute Gasteiger partial charge is 0.407 e. The van der Waals surface area contributed by atoms with Crippen molar-refractivity contribution in [3.8, 4) is 5.69 Å². The highest BCUT2D eigenvalue weighted by Gasteiger charge is 2.32. The molecule has 1 aliphatic heterocycles. The number of rotatable bonds is 5. The molecule has 8 heteroatoms. The van der Waals surface area contributed by atoms with Crippen LogP contribution in [0.15, 0.2) is 48.5 Å². The van der Waals surface area contributed by atoms with Gasteiger partial charge in [0.15, 0.2) is 0 Å². The van der Waals surface area contributed by atoms with Gasteiger partial charge in [0.1, 0.15) is 5.60 Å². The van der Waals surface area contributed by atoms with E-state index in [-0.39, 0.29) is 11.9 Å². The van der Waals surface area contributed by atoms with Gasteiger partial charge < -0.3 is 15.0 Å². The van der Waals surface area contributed by atoms with Gasteiger partial charge in [0.05, 0.1) is 28.7 Å². The summed E-state index contributed by atoms with van der Waals surface area (Å²) in [4.78, 5) is 27.4. The lowest BCUT2D eigenvalue weighted by Crippen LogP contribution is -2.41. The summed E-state index contributed by atoms with van der Waals surface area (Å²) in [5.41, 5.74) is 4.44. The van der Waals surface area contributed by atoms with Crippen molar-refractivity contribution in [3.05, 3.63) is 81.6 Å². The SMILES string of the molecule is Cc1nn(-c2cccc(/C=C/c3ccc(Cl)cc3)c2)c(C)c1C(=O)N1CCC(NC(=O)OC(C)(C)C)C1. The van der Waals surface area contributed by atoms with E-state index in [1.54, 1.807) is 4.90 Å². The number of nitrogens with one attached hydrogen (secondary N) is 1. The lowest BCUT2D eigenvalue weighted by atomic mass is 10.1. The van der Waals surface area contributed by atoms with E-state index in [9.17, 15) is 9.59 Å². The first-order valence-electron chi connectivity index (χ1n) is 12.4. The number of aryl methyl sites for hydroxylation is 1. The van der Waals surface area contributed by atoms with Gasteiger partial charge in [0.25, 0.3) is 5.91 Å². The van der Waals surface area contributed by atoms with Crippen LogP contribution in [0.1, 0.15) is 60.1 Å². The van der Waals surface area contributed by atoms with E-state index in [4.69, 9.17) is 21.4 Å². The van der Waals surface area contributed by atoms with Gasteiger partial charge in [0.2, 0.25) is 0 Å². The zero-order chi connectivity index (χ0) is 26.7. The van der Waals surface area contributed by atoms with Crippen molar-refractivity contribution in [1.82, 2.24) is 20.0 Å². The highest BCUT2D eigenvalue weighted by molar-refractivity contribution is 6.30. The number of hydrogen-bond donors (Lipinski definition) is 1. The van der Waals surface area contributed by atoms with Crippen molar-refractivity contribution in [2.45, 2.75) is 52.7 Å². The number of likely N-dealkylation sites (tertiary alicyclic amines) is 1. The third kappa shape index (κ3) is 6.60. The maximum absolute atomic E-state index is 13.5. The fraction of sp³-hybridized carbons (Fsp3) is 0.345. The van der Waals surface area contributed by atoms with Gasteiger partial charge in [-0.15, -0.1) is 0 Å². The first kappa shape index (κ1) is 26.5. The summed E-state index contributed by atoms with van der Waals surface area (Å²) in [7, 11) is 0. The molecular formula is C29H33ClN4O3. The molecule has 0 bridgehead atoms. The van der Waals surface area contributed by atoms with Crippen LogP contribution in [0.5, 0.6) is 0 Å². The zero-order valence-electron chi connectivity index (χ0n) is 21.9. The fourth-order valence-corrected chi connectivity index (χ4v) is 4.55. The summed E-state index contributed by atoms with van der Waals surface area (Å²) >= 11 is 5.98. The number of ether oxygens (including phenoxy) is 1. The van der Waals surface area contributed by atoms with Gasteiger partial charge in [0, 0.05) is 18.1 Å². The molecule has 1 aliphatic rings. The predicted octanol–water partition coefficient (Wildman–Crippen LogP) is 6.05. The van der Waals surface area contributed by atoms with E-state index >= 15 is 0 Å². The van der Waals surface area contributed by atoms with Gasteiger partial charge >= 0.3 is 6.09 Å². The summed E-state index contributed by atoms with van der Waals surface area (Å²) in [6.07, 6.45) is 4.28. The second-order valence-corrected chi connectivity index (χ2v) is 10.8. The molecule has 0 spiro atoms. The van der Waals surface area contributed by atoms with Crippen LogP contribution in [0.4, 0.5) is 4.79 Å². The first-order chi connectivity index (χ1) is 17.5.